The lowest BCUT2D eigenvalue weighted by atomic mass is 9.93. The first-order valence-electron chi connectivity index (χ1n) is 10.4. The Morgan fingerprint density at radius 3 is 2.31 bits per heavy atom. The summed E-state index contributed by atoms with van der Waals surface area (Å²) in [7, 11) is 0. The Labute approximate surface area is 194 Å². The Balaban J connectivity index is 1.48. The van der Waals surface area contributed by atoms with Crippen LogP contribution in [0.15, 0.2) is 83.2 Å². The highest BCUT2D eigenvalue weighted by Gasteiger charge is 2.25. The summed E-state index contributed by atoms with van der Waals surface area (Å²) in [5.74, 6) is -0.620. The second-order valence-electron chi connectivity index (χ2n) is 7.51. The first-order valence-corrected chi connectivity index (χ1v) is 12.1. The van der Waals surface area contributed by atoms with Crippen LogP contribution >= 0.6 is 23.1 Å². The van der Waals surface area contributed by atoms with Crippen LogP contribution in [0, 0.1) is 0 Å². The summed E-state index contributed by atoms with van der Waals surface area (Å²) >= 11 is 3.52. The van der Waals surface area contributed by atoms with Gasteiger partial charge in [0.1, 0.15) is 12.4 Å². The number of fused-ring (bicyclic) bond motifs is 3. The van der Waals surface area contributed by atoms with Crippen molar-refractivity contribution in [3.8, 4) is 17.0 Å². The van der Waals surface area contributed by atoms with Gasteiger partial charge in [-0.2, -0.15) is 0 Å². The standard InChI is InChI=1S/C26H21NO3S2/c28-23(29)16-30-21-13-7-12-20-19(21)14-15-22-24(20)27-26(31-22)32-25(17-8-3-1-4-9-17)18-10-5-2-6-11-18/h1-13,25H,14-16H2,(H,28,29)/p-1. The fourth-order valence-electron chi connectivity index (χ4n) is 4.00. The number of ether oxygens (including phenoxy) is 1. The summed E-state index contributed by atoms with van der Waals surface area (Å²) in [6.45, 7) is -0.447. The molecule has 0 N–H and O–H groups in total. The molecule has 0 radical (unpaired) electrons. The van der Waals surface area contributed by atoms with Gasteiger partial charge in [0.15, 0.2) is 4.34 Å². The summed E-state index contributed by atoms with van der Waals surface area (Å²) in [6, 6.07) is 26.8. The molecule has 0 atom stereocenters. The predicted molar refractivity (Wildman–Crippen MR) is 126 cm³/mol. The number of carbonyl (C=O) groups is 1. The van der Waals surface area contributed by atoms with Crippen LogP contribution < -0.4 is 9.84 Å². The van der Waals surface area contributed by atoms with E-state index in [2.05, 4.69) is 48.5 Å². The van der Waals surface area contributed by atoms with Gasteiger partial charge in [-0.3, -0.25) is 0 Å². The molecule has 0 bridgehead atoms. The summed E-state index contributed by atoms with van der Waals surface area (Å²) < 4.78 is 6.51. The summed E-state index contributed by atoms with van der Waals surface area (Å²) in [6.07, 6.45) is 1.67. The zero-order valence-electron chi connectivity index (χ0n) is 17.2. The molecule has 3 aromatic carbocycles. The van der Waals surface area contributed by atoms with Crippen molar-refractivity contribution >= 4 is 29.1 Å². The lowest BCUT2D eigenvalue weighted by Gasteiger charge is -2.19. The van der Waals surface area contributed by atoms with Gasteiger partial charge in [0, 0.05) is 16.0 Å². The third-order valence-corrected chi connectivity index (χ3v) is 7.96. The van der Waals surface area contributed by atoms with Gasteiger partial charge >= 0.3 is 0 Å². The minimum atomic E-state index is -1.22. The van der Waals surface area contributed by atoms with E-state index in [0.29, 0.717) is 5.75 Å². The average molecular weight is 459 g/mol. The number of carboxylic acids is 1. The molecule has 0 fully saturated rings. The zero-order valence-corrected chi connectivity index (χ0v) is 18.8. The van der Waals surface area contributed by atoms with Gasteiger partial charge in [0.25, 0.3) is 0 Å². The Morgan fingerprint density at radius 2 is 1.66 bits per heavy atom. The van der Waals surface area contributed by atoms with Gasteiger partial charge in [-0.1, -0.05) is 84.6 Å². The fraction of sp³-hybridized carbons (Fsp3) is 0.154. The average Bonchev–Trinajstić information content (AvgIpc) is 3.25. The molecule has 160 valence electrons. The van der Waals surface area contributed by atoms with Crippen molar-refractivity contribution < 1.29 is 14.6 Å². The number of aromatic nitrogens is 1. The molecule has 0 saturated carbocycles. The van der Waals surface area contributed by atoms with Crippen LogP contribution in [0.25, 0.3) is 11.3 Å². The van der Waals surface area contributed by atoms with E-state index in [-0.39, 0.29) is 5.25 Å². The third-order valence-electron chi connectivity index (χ3n) is 5.44. The van der Waals surface area contributed by atoms with Gasteiger partial charge in [-0.15, -0.1) is 11.3 Å². The van der Waals surface area contributed by atoms with Crippen molar-refractivity contribution in [2.24, 2.45) is 0 Å². The van der Waals surface area contributed by atoms with Gasteiger partial charge in [0.05, 0.1) is 16.9 Å². The highest BCUT2D eigenvalue weighted by molar-refractivity contribution is 8.01. The maximum atomic E-state index is 10.8. The number of benzene rings is 3. The number of carbonyl (C=O) groups excluding carboxylic acids is 1. The van der Waals surface area contributed by atoms with Gasteiger partial charge in [-0.05, 0) is 30.0 Å². The van der Waals surface area contributed by atoms with Crippen LogP contribution in [-0.2, 0) is 17.6 Å². The fourth-order valence-corrected chi connectivity index (χ4v) is 6.52. The Morgan fingerprint density at radius 1 is 0.969 bits per heavy atom. The first-order chi connectivity index (χ1) is 15.7. The molecule has 1 heterocycles. The minimum Gasteiger partial charge on any atom is -0.546 e. The van der Waals surface area contributed by atoms with Crippen LogP contribution in [0.3, 0.4) is 0 Å². The quantitative estimate of drug-likeness (QED) is 0.368. The Hall–Kier alpha value is -3.09. The smallest absolute Gasteiger partial charge is 0.151 e. The van der Waals surface area contributed by atoms with E-state index in [1.807, 2.05) is 30.3 Å². The summed E-state index contributed by atoms with van der Waals surface area (Å²) in [5.41, 5.74) is 5.52. The number of thioether (sulfide) groups is 1. The van der Waals surface area contributed by atoms with E-state index < -0.39 is 12.6 Å². The molecule has 1 aromatic heterocycles. The molecule has 0 spiro atoms. The molecule has 1 aliphatic carbocycles. The van der Waals surface area contributed by atoms with E-state index >= 15 is 0 Å². The molecule has 4 nitrogen and oxygen atoms in total. The maximum absolute atomic E-state index is 10.8. The highest BCUT2D eigenvalue weighted by atomic mass is 32.2. The number of carboxylic acid groups (broad SMARTS) is 1. The molecule has 5 rings (SSSR count). The molecule has 0 amide bonds. The van der Waals surface area contributed by atoms with Crippen LogP contribution in [-0.4, -0.2) is 17.6 Å². The number of nitrogens with zero attached hydrogens (tertiary/aromatic N) is 1. The number of aryl methyl sites for hydroxylation is 1. The van der Waals surface area contributed by atoms with Crippen molar-refractivity contribution in [2.75, 3.05) is 6.61 Å². The molecule has 0 saturated heterocycles. The van der Waals surface area contributed by atoms with E-state index in [1.165, 1.54) is 16.0 Å². The van der Waals surface area contributed by atoms with Gasteiger partial charge < -0.3 is 14.6 Å². The van der Waals surface area contributed by atoms with Crippen molar-refractivity contribution in [3.05, 3.63) is 100 Å². The molecule has 0 aliphatic heterocycles. The van der Waals surface area contributed by atoms with Crippen LogP contribution in [0.4, 0.5) is 0 Å². The van der Waals surface area contributed by atoms with Crippen molar-refractivity contribution in [1.82, 2.24) is 4.98 Å². The number of rotatable bonds is 7. The van der Waals surface area contributed by atoms with E-state index in [9.17, 15) is 9.90 Å². The topological polar surface area (TPSA) is 62.2 Å². The second-order valence-corrected chi connectivity index (χ2v) is 9.95. The Bertz CT molecular complexity index is 1200. The second kappa shape index (κ2) is 9.18. The molecular formula is C26H20NO3S2-. The summed E-state index contributed by atoms with van der Waals surface area (Å²) in [5, 5.41) is 11.0. The molecular weight excluding hydrogens is 438 g/mol. The zero-order chi connectivity index (χ0) is 21.9. The van der Waals surface area contributed by atoms with Crippen LogP contribution in [0.1, 0.15) is 26.8 Å². The third kappa shape index (κ3) is 4.29. The van der Waals surface area contributed by atoms with Crippen LogP contribution in [0.2, 0.25) is 0 Å². The SMILES string of the molecule is O=C([O-])COc1cccc2c1CCc1sc(SC(c3ccccc3)c3ccccc3)nc1-2. The lowest BCUT2D eigenvalue weighted by Crippen LogP contribution is -2.29. The minimum absolute atomic E-state index is 0.155. The molecule has 0 unspecified atom stereocenters. The number of hydrogen-bond acceptors (Lipinski definition) is 6. The Kier molecular flexibility index (Phi) is 5.97. The van der Waals surface area contributed by atoms with Crippen LogP contribution in [0.5, 0.6) is 5.75 Å². The summed E-state index contributed by atoms with van der Waals surface area (Å²) in [4.78, 5) is 17.1. The number of hydrogen-bond donors (Lipinski definition) is 0. The van der Waals surface area contributed by atoms with E-state index in [0.717, 1.165) is 34.0 Å². The molecule has 6 heteroatoms. The maximum Gasteiger partial charge on any atom is 0.151 e. The van der Waals surface area contributed by atoms with Crippen molar-refractivity contribution in [2.45, 2.75) is 22.4 Å². The highest BCUT2D eigenvalue weighted by Crippen LogP contribution is 2.46. The first kappa shape index (κ1) is 20.8. The van der Waals surface area contributed by atoms with Gasteiger partial charge in [0.2, 0.25) is 0 Å². The predicted octanol–water partition coefficient (Wildman–Crippen LogP) is 4.92. The lowest BCUT2D eigenvalue weighted by molar-refractivity contribution is -0.307. The molecule has 1 aliphatic rings. The number of thiazole rings is 1. The number of aliphatic carboxylic acids is 1. The van der Waals surface area contributed by atoms with Gasteiger partial charge in [-0.25, -0.2) is 4.98 Å². The normalized spacial score (nSPS) is 12.3. The van der Waals surface area contributed by atoms with Crippen molar-refractivity contribution in [1.29, 1.82) is 0 Å². The van der Waals surface area contributed by atoms with E-state index in [4.69, 9.17) is 9.72 Å². The van der Waals surface area contributed by atoms with E-state index in [1.54, 1.807) is 23.1 Å². The van der Waals surface area contributed by atoms with Crippen molar-refractivity contribution in [3.63, 3.8) is 0 Å². The molecule has 32 heavy (non-hydrogen) atoms. The monoisotopic (exact) mass is 458 g/mol. The molecule has 4 aromatic rings. The largest absolute Gasteiger partial charge is 0.546 e.